The molecule has 106 valence electrons. The Morgan fingerprint density at radius 3 is 2.68 bits per heavy atom. The average Bonchev–Trinajstić information content (AvgIpc) is 2.38. The summed E-state index contributed by atoms with van der Waals surface area (Å²) in [5, 5.41) is 11.9. The van der Waals surface area contributed by atoms with Crippen LogP contribution in [-0.4, -0.2) is 31.3 Å². The molecule has 0 amide bonds. The number of hydrogen-bond donors (Lipinski definition) is 3. The van der Waals surface area contributed by atoms with Gasteiger partial charge in [-0.2, -0.15) is 0 Å². The first-order valence-corrected chi connectivity index (χ1v) is 6.34. The zero-order valence-corrected chi connectivity index (χ0v) is 11.6. The fraction of sp³-hybridized carbons (Fsp3) is 0.500. The van der Waals surface area contributed by atoms with Crippen molar-refractivity contribution in [2.75, 3.05) is 14.2 Å². The van der Waals surface area contributed by atoms with Crippen LogP contribution in [0.2, 0.25) is 0 Å². The number of aryl methyl sites for hydroxylation is 1. The van der Waals surface area contributed by atoms with Crippen LogP contribution in [0.3, 0.4) is 0 Å². The van der Waals surface area contributed by atoms with Crippen molar-refractivity contribution in [1.29, 1.82) is 0 Å². The number of nitrogens with two attached hydrogens (primary N) is 1. The Balaban J connectivity index is 3.11. The number of rotatable bonds is 7. The first-order chi connectivity index (χ1) is 9.03. The predicted molar refractivity (Wildman–Crippen MR) is 74.4 cm³/mol. The average molecular weight is 266 g/mol. The van der Waals surface area contributed by atoms with E-state index in [4.69, 9.17) is 15.6 Å². The number of carboxylic acids is 1. The van der Waals surface area contributed by atoms with Crippen LogP contribution in [0.4, 0.5) is 0 Å². The van der Waals surface area contributed by atoms with Crippen molar-refractivity contribution >= 4 is 5.97 Å². The van der Waals surface area contributed by atoms with Crippen LogP contribution in [0.15, 0.2) is 18.2 Å². The molecule has 1 aromatic rings. The minimum absolute atomic E-state index is 0.0922. The number of carboxylic acid groups (broad SMARTS) is 1. The summed E-state index contributed by atoms with van der Waals surface area (Å²) in [5.74, 6) is -0.184. The van der Waals surface area contributed by atoms with Gasteiger partial charge < -0.3 is 20.9 Å². The summed E-state index contributed by atoms with van der Waals surface area (Å²) >= 11 is 0. The molecule has 19 heavy (non-hydrogen) atoms. The number of benzene rings is 1. The van der Waals surface area contributed by atoms with Gasteiger partial charge in [-0.25, -0.2) is 0 Å². The molecule has 0 saturated carbocycles. The first kappa shape index (κ1) is 15.5. The minimum Gasteiger partial charge on any atom is -0.496 e. The summed E-state index contributed by atoms with van der Waals surface area (Å²) in [6, 6.07) is 5.15. The zero-order valence-electron chi connectivity index (χ0n) is 11.6. The van der Waals surface area contributed by atoms with Gasteiger partial charge in [-0.1, -0.05) is 19.1 Å². The molecule has 0 bridgehead atoms. The third-order valence-electron chi connectivity index (χ3n) is 3.19. The predicted octanol–water partition coefficient (Wildman–Crippen LogP) is 1.32. The monoisotopic (exact) mass is 266 g/mol. The van der Waals surface area contributed by atoms with Gasteiger partial charge in [-0.3, -0.25) is 4.79 Å². The van der Waals surface area contributed by atoms with Crippen molar-refractivity contribution in [2.24, 2.45) is 5.73 Å². The Labute approximate surface area is 113 Å². The molecular formula is C14H22N2O3. The van der Waals surface area contributed by atoms with Gasteiger partial charge >= 0.3 is 5.97 Å². The van der Waals surface area contributed by atoms with Gasteiger partial charge in [-0.05, 0) is 25.1 Å². The zero-order chi connectivity index (χ0) is 14.4. The Kier molecular flexibility index (Phi) is 5.79. The maximum absolute atomic E-state index is 10.8. The molecule has 0 heterocycles. The lowest BCUT2D eigenvalue weighted by atomic mass is 9.94. The molecule has 2 unspecified atom stereocenters. The van der Waals surface area contributed by atoms with E-state index in [9.17, 15) is 4.79 Å². The lowest BCUT2D eigenvalue weighted by Gasteiger charge is -2.25. The Morgan fingerprint density at radius 1 is 1.53 bits per heavy atom. The van der Waals surface area contributed by atoms with Gasteiger partial charge in [0, 0.05) is 11.6 Å². The second-order valence-corrected chi connectivity index (χ2v) is 4.46. The van der Waals surface area contributed by atoms with E-state index in [2.05, 4.69) is 12.2 Å². The molecule has 0 radical (unpaired) electrons. The van der Waals surface area contributed by atoms with Crippen LogP contribution in [0.5, 0.6) is 5.75 Å². The van der Waals surface area contributed by atoms with E-state index in [0.29, 0.717) is 0 Å². The van der Waals surface area contributed by atoms with Gasteiger partial charge in [0.15, 0.2) is 0 Å². The fourth-order valence-corrected chi connectivity index (χ4v) is 2.17. The topological polar surface area (TPSA) is 84.6 Å². The number of hydrogen-bond acceptors (Lipinski definition) is 4. The van der Waals surface area contributed by atoms with Crippen LogP contribution < -0.4 is 15.8 Å². The summed E-state index contributed by atoms with van der Waals surface area (Å²) in [5.41, 5.74) is 8.04. The highest BCUT2D eigenvalue weighted by molar-refractivity contribution is 5.67. The Hall–Kier alpha value is -1.59. The molecule has 0 spiro atoms. The number of nitrogens with one attached hydrogen (secondary N) is 1. The number of ether oxygens (including phenoxy) is 1. The van der Waals surface area contributed by atoms with E-state index in [1.54, 1.807) is 14.2 Å². The molecule has 0 aliphatic heterocycles. The lowest BCUT2D eigenvalue weighted by Crippen LogP contribution is -2.38. The summed E-state index contributed by atoms with van der Waals surface area (Å²) in [4.78, 5) is 10.8. The van der Waals surface area contributed by atoms with Crippen LogP contribution in [0.1, 0.15) is 30.5 Å². The first-order valence-electron chi connectivity index (χ1n) is 6.34. The lowest BCUT2D eigenvalue weighted by molar-refractivity contribution is -0.137. The highest BCUT2D eigenvalue weighted by atomic mass is 16.5. The fourth-order valence-electron chi connectivity index (χ4n) is 2.17. The molecule has 1 rings (SSSR count). The van der Waals surface area contributed by atoms with Crippen molar-refractivity contribution in [3.05, 3.63) is 29.3 Å². The maximum atomic E-state index is 10.8. The molecular weight excluding hydrogens is 244 g/mol. The molecule has 4 N–H and O–H groups in total. The van der Waals surface area contributed by atoms with E-state index >= 15 is 0 Å². The molecule has 0 aromatic heterocycles. The molecule has 0 aliphatic carbocycles. The molecule has 5 heteroatoms. The minimum atomic E-state index is -0.904. The van der Waals surface area contributed by atoms with E-state index in [-0.39, 0.29) is 12.5 Å². The Morgan fingerprint density at radius 2 is 2.21 bits per heavy atom. The highest BCUT2D eigenvalue weighted by Gasteiger charge is 2.23. The summed E-state index contributed by atoms with van der Waals surface area (Å²) < 4.78 is 5.34. The molecule has 5 nitrogen and oxygen atoms in total. The summed E-state index contributed by atoms with van der Waals surface area (Å²) in [7, 11) is 3.37. The largest absolute Gasteiger partial charge is 0.496 e. The molecule has 1 aromatic carbocycles. The van der Waals surface area contributed by atoms with Crippen LogP contribution in [0.25, 0.3) is 0 Å². The number of methoxy groups -OCH3 is 1. The van der Waals surface area contributed by atoms with Crippen molar-refractivity contribution in [3.8, 4) is 5.75 Å². The third-order valence-corrected chi connectivity index (χ3v) is 3.19. The van der Waals surface area contributed by atoms with Gasteiger partial charge in [0.1, 0.15) is 5.75 Å². The van der Waals surface area contributed by atoms with E-state index < -0.39 is 12.0 Å². The van der Waals surface area contributed by atoms with E-state index in [1.165, 1.54) is 5.56 Å². The van der Waals surface area contributed by atoms with Crippen molar-refractivity contribution in [2.45, 2.75) is 31.8 Å². The highest BCUT2D eigenvalue weighted by Crippen LogP contribution is 2.28. The number of likely N-dealkylation sites (N-methyl/N-ethyl adjacent to an activating group) is 1. The second kappa shape index (κ2) is 7.11. The van der Waals surface area contributed by atoms with Gasteiger partial charge in [0.05, 0.1) is 19.6 Å². The van der Waals surface area contributed by atoms with Gasteiger partial charge in [0.25, 0.3) is 0 Å². The van der Waals surface area contributed by atoms with E-state index in [1.807, 2.05) is 18.2 Å². The molecule has 0 aliphatic rings. The maximum Gasteiger partial charge on any atom is 0.304 e. The van der Waals surface area contributed by atoms with Crippen LogP contribution in [-0.2, 0) is 11.2 Å². The summed E-state index contributed by atoms with van der Waals surface area (Å²) in [6.07, 6.45) is 0.812. The van der Waals surface area contributed by atoms with E-state index in [0.717, 1.165) is 17.7 Å². The standard InChI is InChI=1S/C14H22N2O3/c1-4-9-5-6-12(19-3)10(7-9)14(16-2)11(15)8-13(17)18/h5-7,11,14,16H,4,8,15H2,1-3H3,(H,17,18). The normalized spacial score (nSPS) is 13.9. The number of aliphatic carboxylic acids is 1. The molecule has 0 saturated heterocycles. The number of carbonyl (C=O) groups is 1. The van der Waals surface area contributed by atoms with Crippen molar-refractivity contribution < 1.29 is 14.6 Å². The second-order valence-electron chi connectivity index (χ2n) is 4.46. The van der Waals surface area contributed by atoms with Gasteiger partial charge in [-0.15, -0.1) is 0 Å². The van der Waals surface area contributed by atoms with Crippen molar-refractivity contribution in [1.82, 2.24) is 5.32 Å². The third kappa shape index (κ3) is 3.94. The Bertz CT molecular complexity index is 435. The molecule has 0 fully saturated rings. The van der Waals surface area contributed by atoms with Gasteiger partial charge in [0.2, 0.25) is 0 Å². The SMILES string of the molecule is CCc1ccc(OC)c(C(NC)C(N)CC(=O)O)c1. The molecule has 2 atom stereocenters. The summed E-state index contributed by atoms with van der Waals surface area (Å²) in [6.45, 7) is 2.07. The van der Waals surface area contributed by atoms with Crippen molar-refractivity contribution in [3.63, 3.8) is 0 Å². The quantitative estimate of drug-likeness (QED) is 0.693. The van der Waals surface area contributed by atoms with Crippen LogP contribution >= 0.6 is 0 Å². The smallest absolute Gasteiger partial charge is 0.304 e. The van der Waals surface area contributed by atoms with Crippen LogP contribution in [0, 0.1) is 0 Å².